The molecule has 2 aromatic rings. The predicted molar refractivity (Wildman–Crippen MR) is 144 cm³/mol. The molecule has 1 atom stereocenters. The highest BCUT2D eigenvalue weighted by Crippen LogP contribution is 2.42. The van der Waals surface area contributed by atoms with Crippen molar-refractivity contribution in [3.63, 3.8) is 0 Å². The number of amidine groups is 1. The van der Waals surface area contributed by atoms with Crippen molar-refractivity contribution >= 4 is 46.4 Å². The van der Waals surface area contributed by atoms with E-state index in [1.807, 2.05) is 18.2 Å². The van der Waals surface area contributed by atoms with Gasteiger partial charge in [0.15, 0.2) is 6.20 Å². The van der Waals surface area contributed by atoms with Crippen LogP contribution in [0.5, 0.6) is 0 Å². The molecule has 0 spiro atoms. The Bertz CT molecular complexity index is 1220. The molecule has 0 bridgehead atoms. The van der Waals surface area contributed by atoms with Gasteiger partial charge in [-0.2, -0.15) is 4.58 Å². The molecule has 4 rings (SSSR count). The SMILES string of the molecule is CNC(=O)C1CC(c2ccc(-c3ccc(/C=C(/S)C(CO)=[N+]4C=CN=C4[C@@](C)(O)[Si])cc3)cc2)C1. The van der Waals surface area contributed by atoms with E-state index >= 15 is 0 Å². The number of aliphatic imine (C=N–C) groups is 1. The monoisotopic (exact) mass is 503 g/mol. The Morgan fingerprint density at radius 2 is 1.80 bits per heavy atom. The molecule has 35 heavy (non-hydrogen) atoms. The zero-order valence-corrected chi connectivity index (χ0v) is 21.7. The lowest BCUT2D eigenvalue weighted by molar-refractivity contribution is -0.332. The molecular formula is C27H29N3O3SSi+. The Kier molecular flexibility index (Phi) is 7.56. The lowest BCUT2D eigenvalue weighted by Crippen LogP contribution is -2.42. The summed E-state index contributed by atoms with van der Waals surface area (Å²) in [7, 11) is 4.96. The number of amides is 1. The smallest absolute Gasteiger partial charge is 0.330 e. The van der Waals surface area contributed by atoms with Crippen LogP contribution >= 0.6 is 12.6 Å². The van der Waals surface area contributed by atoms with Crippen LogP contribution in [0.4, 0.5) is 0 Å². The van der Waals surface area contributed by atoms with Crippen LogP contribution in [-0.4, -0.2) is 61.4 Å². The Hall–Kier alpha value is -2.78. The van der Waals surface area contributed by atoms with Gasteiger partial charge < -0.3 is 15.5 Å². The molecule has 3 N–H and O–H groups in total. The summed E-state index contributed by atoms with van der Waals surface area (Å²) in [5, 5.41) is 21.7. The van der Waals surface area contributed by atoms with Crippen molar-refractivity contribution in [2.24, 2.45) is 10.9 Å². The molecule has 1 heterocycles. The number of thiol groups is 1. The van der Waals surface area contributed by atoms with Gasteiger partial charge in [-0.1, -0.05) is 48.5 Å². The van der Waals surface area contributed by atoms with Crippen molar-refractivity contribution in [1.29, 1.82) is 0 Å². The first-order valence-electron chi connectivity index (χ1n) is 11.5. The maximum Gasteiger partial charge on any atom is 0.330 e. The molecule has 0 aromatic heterocycles. The van der Waals surface area contributed by atoms with E-state index in [-0.39, 0.29) is 18.4 Å². The third-order valence-electron chi connectivity index (χ3n) is 6.50. The van der Waals surface area contributed by atoms with Gasteiger partial charge in [-0.25, -0.2) is 0 Å². The second-order valence-corrected chi connectivity index (χ2v) is 10.5. The summed E-state index contributed by atoms with van der Waals surface area (Å²) in [5.74, 6) is 1.08. The normalized spacial score (nSPS) is 22.8. The molecular weight excluding hydrogens is 474 g/mol. The number of hydrogen-bond acceptors (Lipinski definition) is 5. The predicted octanol–water partition coefficient (Wildman–Crippen LogP) is 3.07. The molecule has 1 aliphatic heterocycles. The van der Waals surface area contributed by atoms with E-state index in [0.717, 1.165) is 29.5 Å². The fraction of sp³-hybridized carbons (Fsp3) is 0.296. The topological polar surface area (TPSA) is 84.9 Å². The highest BCUT2D eigenvalue weighted by Gasteiger charge is 2.36. The van der Waals surface area contributed by atoms with Crippen molar-refractivity contribution < 1.29 is 19.6 Å². The summed E-state index contributed by atoms with van der Waals surface area (Å²) in [6, 6.07) is 16.7. The van der Waals surface area contributed by atoms with Crippen molar-refractivity contribution in [2.45, 2.75) is 30.9 Å². The van der Waals surface area contributed by atoms with Crippen LogP contribution in [0.25, 0.3) is 17.2 Å². The molecule has 2 aromatic carbocycles. The summed E-state index contributed by atoms with van der Waals surface area (Å²) in [6.07, 6.45) is 6.92. The minimum atomic E-state index is -1.35. The number of carbonyl (C=O) groups is 1. The molecule has 1 aliphatic carbocycles. The average Bonchev–Trinajstić information content (AvgIpc) is 3.30. The molecule has 3 radical (unpaired) electrons. The number of nitrogens with zero attached hydrogens (tertiary/aromatic N) is 2. The molecule has 1 amide bonds. The van der Waals surface area contributed by atoms with Crippen molar-refractivity contribution in [3.05, 3.63) is 77.0 Å². The number of aliphatic hydroxyl groups excluding tert-OH is 1. The van der Waals surface area contributed by atoms with Gasteiger partial charge in [0.1, 0.15) is 23.7 Å². The van der Waals surface area contributed by atoms with E-state index in [1.165, 1.54) is 5.56 Å². The summed E-state index contributed by atoms with van der Waals surface area (Å²) < 4.78 is 1.63. The van der Waals surface area contributed by atoms with E-state index in [9.17, 15) is 15.0 Å². The van der Waals surface area contributed by atoms with Gasteiger partial charge in [0.05, 0.1) is 15.1 Å². The largest absolute Gasteiger partial charge is 0.388 e. The Morgan fingerprint density at radius 1 is 1.20 bits per heavy atom. The number of benzene rings is 2. The summed E-state index contributed by atoms with van der Waals surface area (Å²) in [5.41, 5.74) is 4.95. The van der Waals surface area contributed by atoms with Gasteiger partial charge in [-0.15, -0.1) is 12.6 Å². The van der Waals surface area contributed by atoms with Crippen LogP contribution in [0.2, 0.25) is 0 Å². The molecule has 1 fully saturated rings. The van der Waals surface area contributed by atoms with Gasteiger partial charge in [-0.05, 0) is 59.0 Å². The van der Waals surface area contributed by atoms with E-state index in [1.54, 1.807) is 30.9 Å². The molecule has 8 heteroatoms. The van der Waals surface area contributed by atoms with Crippen LogP contribution in [0.1, 0.15) is 36.8 Å². The lowest BCUT2D eigenvalue weighted by atomic mass is 9.71. The second kappa shape index (κ2) is 10.5. The summed E-state index contributed by atoms with van der Waals surface area (Å²) in [6.45, 7) is 1.30. The number of hydrogen-bond donors (Lipinski definition) is 4. The van der Waals surface area contributed by atoms with Crippen molar-refractivity contribution in [1.82, 2.24) is 5.32 Å². The minimum absolute atomic E-state index is 0.137. The maximum absolute atomic E-state index is 11.7. The zero-order chi connectivity index (χ0) is 25.2. The standard InChI is InChI=1S/C27H28N3O3SSi/c1-27(33,35)26-29-11-12-30(26)23(16-31)24(34)13-17-3-5-18(6-4-17)19-7-9-20(10-8-19)21-14-22(15-21)25(32)28-2/h3-13,21-22,31,33H,14-16H2,1-2H3,(H-,28,32,34)/p+1/b24-13+,30-23?/t21?,22?,27-/m0/s1. The van der Waals surface area contributed by atoms with Crippen LogP contribution < -0.4 is 5.32 Å². The quantitative estimate of drug-likeness (QED) is 0.266. The molecule has 179 valence electrons. The van der Waals surface area contributed by atoms with Crippen LogP contribution in [0.3, 0.4) is 0 Å². The molecule has 1 saturated carbocycles. The second-order valence-electron chi connectivity index (χ2n) is 9.05. The first-order valence-corrected chi connectivity index (χ1v) is 12.5. The lowest BCUT2D eigenvalue weighted by Gasteiger charge is -2.34. The van der Waals surface area contributed by atoms with E-state index in [4.69, 9.17) is 0 Å². The molecule has 6 nitrogen and oxygen atoms in total. The first kappa shape index (κ1) is 25.3. The number of aliphatic hydroxyl groups is 2. The van der Waals surface area contributed by atoms with Crippen LogP contribution in [-0.2, 0) is 4.79 Å². The third kappa shape index (κ3) is 5.56. The fourth-order valence-electron chi connectivity index (χ4n) is 4.43. The third-order valence-corrected chi connectivity index (χ3v) is 7.11. The zero-order valence-electron chi connectivity index (χ0n) is 19.8. The molecule has 2 aliphatic rings. The number of nitrogens with one attached hydrogen (secondary N) is 1. The van der Waals surface area contributed by atoms with Gasteiger partial charge in [0, 0.05) is 13.0 Å². The Balaban J connectivity index is 1.47. The van der Waals surface area contributed by atoms with Crippen molar-refractivity contribution in [3.8, 4) is 11.1 Å². The number of carbonyl (C=O) groups excluding carboxylic acids is 1. The molecule has 0 unspecified atom stereocenters. The minimum Gasteiger partial charge on any atom is -0.388 e. The Morgan fingerprint density at radius 3 is 2.34 bits per heavy atom. The van der Waals surface area contributed by atoms with Gasteiger partial charge in [-0.3, -0.25) is 4.79 Å². The van der Waals surface area contributed by atoms with E-state index in [0.29, 0.717) is 22.4 Å². The van der Waals surface area contributed by atoms with Gasteiger partial charge in [0.25, 0.3) is 0 Å². The average molecular weight is 504 g/mol. The summed E-state index contributed by atoms with van der Waals surface area (Å²) >= 11 is 4.60. The highest BCUT2D eigenvalue weighted by atomic mass is 32.1. The van der Waals surface area contributed by atoms with Gasteiger partial charge in [0.2, 0.25) is 5.91 Å². The van der Waals surface area contributed by atoms with Gasteiger partial charge >= 0.3 is 5.84 Å². The number of rotatable bonds is 7. The van der Waals surface area contributed by atoms with E-state index in [2.05, 4.69) is 69.6 Å². The van der Waals surface area contributed by atoms with Crippen molar-refractivity contribution in [2.75, 3.05) is 13.7 Å². The molecule has 0 saturated heterocycles. The van der Waals surface area contributed by atoms with Crippen LogP contribution in [0.15, 0.2) is 70.8 Å². The maximum atomic E-state index is 11.7. The van der Waals surface area contributed by atoms with E-state index < -0.39 is 5.22 Å². The van der Waals surface area contributed by atoms with Crippen LogP contribution in [0, 0.1) is 5.92 Å². The Labute approximate surface area is 214 Å². The first-order chi connectivity index (χ1) is 16.7. The fourth-order valence-corrected chi connectivity index (χ4v) is 4.94. The highest BCUT2D eigenvalue weighted by molar-refractivity contribution is 7.85. The summed E-state index contributed by atoms with van der Waals surface area (Å²) in [4.78, 5) is 16.5.